The van der Waals surface area contributed by atoms with Crippen LogP contribution in [-0.4, -0.2) is 30.7 Å². The summed E-state index contributed by atoms with van der Waals surface area (Å²) in [6, 6.07) is 11.0. The molecule has 3 rings (SSSR count). The summed E-state index contributed by atoms with van der Waals surface area (Å²) in [4.78, 5) is 12.5. The van der Waals surface area contributed by atoms with Gasteiger partial charge in [0.25, 0.3) is 0 Å². The van der Waals surface area contributed by atoms with Gasteiger partial charge < -0.3 is 14.6 Å². The highest BCUT2D eigenvalue weighted by atomic mass is 16.5. The van der Waals surface area contributed by atoms with Crippen molar-refractivity contribution in [3.05, 3.63) is 47.5 Å². The van der Waals surface area contributed by atoms with Gasteiger partial charge in [-0.15, -0.1) is 0 Å². The monoisotopic (exact) mass is 284 g/mol. The lowest BCUT2D eigenvalue weighted by Gasteiger charge is -2.06. The Balaban J connectivity index is 1.99. The number of ether oxygens (including phenoxy) is 2. The predicted molar refractivity (Wildman–Crippen MR) is 79.1 cm³/mol. The van der Waals surface area contributed by atoms with Gasteiger partial charge in [-0.2, -0.15) is 0 Å². The average Bonchev–Trinajstić information content (AvgIpc) is 2.78. The zero-order chi connectivity index (χ0) is 14.8. The maximum Gasteiger partial charge on any atom is 0.194 e. The fourth-order valence-electron chi connectivity index (χ4n) is 2.55. The third-order valence-electron chi connectivity index (χ3n) is 3.43. The molecule has 1 aliphatic rings. The Morgan fingerprint density at radius 1 is 0.905 bits per heavy atom. The zero-order valence-corrected chi connectivity index (χ0v) is 11.8. The molecule has 0 bridgehead atoms. The first-order valence-electron chi connectivity index (χ1n) is 6.94. The molecular weight excluding hydrogens is 268 g/mol. The molecular formula is C17H16O4. The molecule has 1 N–H and O–H groups in total. The average molecular weight is 284 g/mol. The molecule has 2 aromatic rings. The molecule has 4 nitrogen and oxygen atoms in total. The number of benzene rings is 2. The summed E-state index contributed by atoms with van der Waals surface area (Å²) < 4.78 is 10.8. The summed E-state index contributed by atoms with van der Waals surface area (Å²) >= 11 is 0. The lowest BCUT2D eigenvalue weighted by molar-refractivity contribution is 0.104. The first-order chi connectivity index (χ1) is 10.2. The standard InChI is InChI=1S/C17H16O4/c1-2-20-11-3-5-13-14-6-4-12(21-8-7-18)10-16(14)17(19)15(13)9-11/h3-6,9-10,18H,2,7-8H2,1H3. The lowest BCUT2D eigenvalue weighted by atomic mass is 10.1. The van der Waals surface area contributed by atoms with E-state index in [1.54, 1.807) is 12.1 Å². The number of fused-ring (bicyclic) bond motifs is 3. The van der Waals surface area contributed by atoms with Gasteiger partial charge in [0.1, 0.15) is 18.1 Å². The van der Waals surface area contributed by atoms with E-state index in [0.717, 1.165) is 11.1 Å². The van der Waals surface area contributed by atoms with Crippen molar-refractivity contribution in [1.82, 2.24) is 0 Å². The van der Waals surface area contributed by atoms with Gasteiger partial charge in [-0.25, -0.2) is 0 Å². The Morgan fingerprint density at radius 2 is 1.48 bits per heavy atom. The molecule has 0 amide bonds. The van der Waals surface area contributed by atoms with Crippen LogP contribution >= 0.6 is 0 Å². The van der Waals surface area contributed by atoms with Crippen molar-refractivity contribution >= 4 is 5.78 Å². The molecule has 0 aliphatic heterocycles. The van der Waals surface area contributed by atoms with Gasteiger partial charge in [0.15, 0.2) is 5.78 Å². The van der Waals surface area contributed by atoms with Gasteiger partial charge in [0.05, 0.1) is 13.2 Å². The molecule has 0 saturated heterocycles. The van der Waals surface area contributed by atoms with Crippen LogP contribution in [-0.2, 0) is 0 Å². The van der Waals surface area contributed by atoms with Gasteiger partial charge in [-0.3, -0.25) is 4.79 Å². The normalized spacial score (nSPS) is 12.0. The topological polar surface area (TPSA) is 55.8 Å². The molecule has 0 heterocycles. The van der Waals surface area contributed by atoms with Gasteiger partial charge in [-0.05, 0) is 54.4 Å². The first kappa shape index (κ1) is 13.6. The minimum absolute atomic E-state index is 0.0176. The van der Waals surface area contributed by atoms with Crippen molar-refractivity contribution in [1.29, 1.82) is 0 Å². The third-order valence-corrected chi connectivity index (χ3v) is 3.43. The molecule has 0 atom stereocenters. The summed E-state index contributed by atoms with van der Waals surface area (Å²) in [6.45, 7) is 2.64. The molecule has 0 radical (unpaired) electrons. The van der Waals surface area contributed by atoms with Gasteiger partial charge in [-0.1, -0.05) is 0 Å². The second kappa shape index (κ2) is 5.58. The molecule has 0 aromatic heterocycles. The van der Waals surface area contributed by atoms with Crippen LogP contribution in [0.2, 0.25) is 0 Å². The number of hydrogen-bond donors (Lipinski definition) is 1. The van der Waals surface area contributed by atoms with Crippen LogP contribution in [0.25, 0.3) is 11.1 Å². The fourth-order valence-corrected chi connectivity index (χ4v) is 2.55. The quantitative estimate of drug-likeness (QED) is 0.782. The molecule has 0 unspecified atom stereocenters. The van der Waals surface area contributed by atoms with Crippen LogP contribution < -0.4 is 9.47 Å². The van der Waals surface area contributed by atoms with Crippen molar-refractivity contribution < 1.29 is 19.4 Å². The minimum Gasteiger partial charge on any atom is -0.494 e. The molecule has 21 heavy (non-hydrogen) atoms. The van der Waals surface area contributed by atoms with Gasteiger partial charge in [0.2, 0.25) is 0 Å². The summed E-state index contributed by atoms with van der Waals surface area (Å²) in [7, 11) is 0. The highest BCUT2D eigenvalue weighted by Gasteiger charge is 2.27. The number of carbonyl (C=O) groups excluding carboxylic acids is 1. The number of hydrogen-bond acceptors (Lipinski definition) is 4. The Kier molecular flexibility index (Phi) is 3.62. The van der Waals surface area contributed by atoms with Gasteiger partial charge >= 0.3 is 0 Å². The summed E-state index contributed by atoms with van der Waals surface area (Å²) in [5.41, 5.74) is 3.13. The number of aliphatic hydroxyl groups is 1. The minimum atomic E-state index is -0.0526. The Morgan fingerprint density at radius 3 is 2.00 bits per heavy atom. The predicted octanol–water partition coefficient (Wildman–Crippen LogP) is 2.67. The summed E-state index contributed by atoms with van der Waals surface area (Å²) in [6.07, 6.45) is 0. The van der Waals surface area contributed by atoms with E-state index in [9.17, 15) is 4.79 Å². The highest BCUT2D eigenvalue weighted by molar-refractivity contribution is 6.22. The Labute approximate surface area is 122 Å². The molecule has 108 valence electrons. The van der Waals surface area contributed by atoms with Crippen LogP contribution in [0, 0.1) is 0 Å². The SMILES string of the molecule is CCOc1ccc2c(c1)C(=O)c1cc(OCCO)ccc1-2. The smallest absolute Gasteiger partial charge is 0.194 e. The molecule has 0 spiro atoms. The van der Waals surface area contributed by atoms with E-state index in [1.807, 2.05) is 31.2 Å². The molecule has 0 fully saturated rings. The molecule has 0 saturated carbocycles. The van der Waals surface area contributed by atoms with E-state index in [2.05, 4.69) is 0 Å². The maximum absolute atomic E-state index is 12.5. The second-order valence-corrected chi connectivity index (χ2v) is 4.75. The Hall–Kier alpha value is -2.33. The molecule has 4 heteroatoms. The lowest BCUT2D eigenvalue weighted by Crippen LogP contribution is -2.02. The summed E-state index contributed by atoms with van der Waals surface area (Å²) in [5.74, 6) is 1.28. The number of ketones is 1. The number of carbonyl (C=O) groups is 1. The van der Waals surface area contributed by atoms with E-state index < -0.39 is 0 Å². The maximum atomic E-state index is 12.5. The van der Waals surface area contributed by atoms with Crippen LogP contribution in [0.5, 0.6) is 11.5 Å². The van der Waals surface area contributed by atoms with E-state index in [4.69, 9.17) is 14.6 Å². The van der Waals surface area contributed by atoms with E-state index in [1.165, 1.54) is 0 Å². The first-order valence-corrected chi connectivity index (χ1v) is 6.94. The van der Waals surface area contributed by atoms with Gasteiger partial charge in [0, 0.05) is 11.1 Å². The van der Waals surface area contributed by atoms with Crippen molar-refractivity contribution in [3.63, 3.8) is 0 Å². The van der Waals surface area contributed by atoms with Crippen LogP contribution in [0.4, 0.5) is 0 Å². The van der Waals surface area contributed by atoms with E-state index in [0.29, 0.717) is 29.2 Å². The van der Waals surface area contributed by atoms with Crippen molar-refractivity contribution in [2.24, 2.45) is 0 Å². The van der Waals surface area contributed by atoms with Crippen LogP contribution in [0.15, 0.2) is 36.4 Å². The summed E-state index contributed by atoms with van der Waals surface area (Å²) in [5, 5.41) is 8.79. The largest absolute Gasteiger partial charge is 0.494 e. The second-order valence-electron chi connectivity index (χ2n) is 4.75. The van der Waals surface area contributed by atoms with Crippen LogP contribution in [0.1, 0.15) is 22.8 Å². The van der Waals surface area contributed by atoms with E-state index >= 15 is 0 Å². The zero-order valence-electron chi connectivity index (χ0n) is 11.8. The van der Waals surface area contributed by atoms with Crippen molar-refractivity contribution in [3.8, 4) is 22.6 Å². The van der Waals surface area contributed by atoms with E-state index in [-0.39, 0.29) is 19.0 Å². The fraction of sp³-hybridized carbons (Fsp3) is 0.235. The van der Waals surface area contributed by atoms with Crippen LogP contribution in [0.3, 0.4) is 0 Å². The van der Waals surface area contributed by atoms with Crippen molar-refractivity contribution in [2.45, 2.75) is 6.92 Å². The Bertz CT molecular complexity index is 691. The molecule has 1 aliphatic carbocycles. The van der Waals surface area contributed by atoms with Crippen molar-refractivity contribution in [2.75, 3.05) is 19.8 Å². The molecule has 2 aromatic carbocycles. The number of aliphatic hydroxyl groups excluding tert-OH is 1. The highest BCUT2D eigenvalue weighted by Crippen LogP contribution is 2.39. The third kappa shape index (κ3) is 2.38. The number of rotatable bonds is 5.